The molecule has 102 valence electrons. The third kappa shape index (κ3) is 4.19. The summed E-state index contributed by atoms with van der Waals surface area (Å²) in [6.07, 6.45) is 6.65. The fraction of sp³-hybridized carbons (Fsp3) is 0.357. The van der Waals surface area contributed by atoms with Crippen LogP contribution in [0.5, 0.6) is 0 Å². The van der Waals surface area contributed by atoms with Gasteiger partial charge in [0.05, 0.1) is 10.9 Å². The normalized spacial score (nSPS) is 12.7. The fourth-order valence-corrected chi connectivity index (χ4v) is 2.84. The highest BCUT2D eigenvalue weighted by Gasteiger charge is 2.18. The number of carbonyl (C=O) groups excluding carboxylic acids is 1. The van der Waals surface area contributed by atoms with Crippen LogP contribution in [0, 0.1) is 12.3 Å². The topological polar surface area (TPSA) is 63.2 Å². The van der Waals surface area contributed by atoms with E-state index in [1.165, 1.54) is 25.1 Å². The lowest BCUT2D eigenvalue weighted by Crippen LogP contribution is -2.33. The number of rotatable bonds is 6. The van der Waals surface area contributed by atoms with Crippen LogP contribution in [0.15, 0.2) is 29.2 Å². The maximum atomic E-state index is 12.1. The van der Waals surface area contributed by atoms with Gasteiger partial charge in [0, 0.05) is 5.56 Å². The Labute approximate surface area is 114 Å². The van der Waals surface area contributed by atoms with Crippen molar-refractivity contribution in [1.29, 1.82) is 0 Å². The molecule has 0 aromatic heterocycles. The molecule has 4 nitrogen and oxygen atoms in total. The summed E-state index contributed by atoms with van der Waals surface area (Å²) in [5.41, 5.74) is 0.357. The monoisotopic (exact) mass is 279 g/mol. The first-order chi connectivity index (χ1) is 8.90. The van der Waals surface area contributed by atoms with E-state index >= 15 is 0 Å². The number of ketones is 1. The molecule has 0 amide bonds. The van der Waals surface area contributed by atoms with E-state index in [1.807, 2.05) is 6.92 Å². The minimum absolute atomic E-state index is 0.0524. The Kier molecular flexibility index (Phi) is 5.28. The number of nitrogens with one attached hydrogen (secondary N) is 1. The van der Waals surface area contributed by atoms with E-state index in [2.05, 4.69) is 10.6 Å². The van der Waals surface area contributed by atoms with Gasteiger partial charge in [-0.05, 0) is 25.5 Å². The highest BCUT2D eigenvalue weighted by Crippen LogP contribution is 2.13. The summed E-state index contributed by atoms with van der Waals surface area (Å²) in [6, 6.07) is 5.37. The average Bonchev–Trinajstić information content (AvgIpc) is 2.38. The Bertz CT molecular complexity index is 599. The van der Waals surface area contributed by atoms with Crippen molar-refractivity contribution in [3.8, 4) is 12.3 Å². The molecular weight excluding hydrogens is 262 g/mol. The molecule has 0 saturated carbocycles. The second kappa shape index (κ2) is 6.50. The third-order valence-electron chi connectivity index (χ3n) is 2.63. The molecule has 19 heavy (non-hydrogen) atoms. The molecule has 1 aromatic carbocycles. The van der Waals surface area contributed by atoms with E-state index in [0.717, 1.165) is 6.42 Å². The zero-order valence-electron chi connectivity index (χ0n) is 11.0. The molecule has 0 bridgehead atoms. The van der Waals surface area contributed by atoms with E-state index in [0.29, 0.717) is 12.0 Å². The highest BCUT2D eigenvalue weighted by atomic mass is 32.2. The van der Waals surface area contributed by atoms with Crippen LogP contribution >= 0.6 is 0 Å². The predicted molar refractivity (Wildman–Crippen MR) is 74.3 cm³/mol. The van der Waals surface area contributed by atoms with Gasteiger partial charge in [-0.1, -0.05) is 31.4 Å². The lowest BCUT2D eigenvalue weighted by atomic mass is 10.2. The van der Waals surface area contributed by atoms with E-state index in [1.54, 1.807) is 6.07 Å². The van der Waals surface area contributed by atoms with Gasteiger partial charge in [-0.3, -0.25) is 4.79 Å². The number of benzene rings is 1. The Morgan fingerprint density at radius 1 is 1.47 bits per heavy atom. The molecule has 1 rings (SSSR count). The van der Waals surface area contributed by atoms with E-state index in [9.17, 15) is 13.2 Å². The second-order valence-electron chi connectivity index (χ2n) is 4.21. The SMILES string of the molecule is C#CC(CCC)NS(=O)(=O)c1cccc(C(C)=O)c1. The number of hydrogen-bond donors (Lipinski definition) is 1. The molecule has 0 radical (unpaired) electrons. The number of terminal acetylenes is 1. The summed E-state index contributed by atoms with van der Waals surface area (Å²) in [7, 11) is -3.69. The number of hydrogen-bond acceptors (Lipinski definition) is 3. The number of Topliss-reactive ketones (excluding diaryl/α,β-unsaturated/α-hetero) is 1. The molecule has 0 aliphatic rings. The van der Waals surface area contributed by atoms with Crippen molar-refractivity contribution < 1.29 is 13.2 Å². The van der Waals surface area contributed by atoms with Gasteiger partial charge in [0.15, 0.2) is 5.78 Å². The van der Waals surface area contributed by atoms with Crippen LogP contribution in [0.25, 0.3) is 0 Å². The molecule has 1 unspecified atom stereocenters. The molecule has 5 heteroatoms. The van der Waals surface area contributed by atoms with E-state index in [4.69, 9.17) is 6.42 Å². The van der Waals surface area contributed by atoms with Crippen molar-refractivity contribution in [2.75, 3.05) is 0 Å². The van der Waals surface area contributed by atoms with Gasteiger partial charge in [-0.15, -0.1) is 6.42 Å². The summed E-state index contributed by atoms with van der Waals surface area (Å²) in [6.45, 7) is 3.31. The van der Waals surface area contributed by atoms with E-state index < -0.39 is 16.1 Å². The largest absolute Gasteiger partial charge is 0.295 e. The zero-order valence-corrected chi connectivity index (χ0v) is 11.8. The van der Waals surface area contributed by atoms with Crippen LogP contribution in [-0.4, -0.2) is 20.2 Å². The van der Waals surface area contributed by atoms with Gasteiger partial charge in [0.1, 0.15) is 0 Å². The molecular formula is C14H17NO3S. The summed E-state index contributed by atoms with van der Waals surface area (Å²) >= 11 is 0. The Morgan fingerprint density at radius 2 is 2.16 bits per heavy atom. The van der Waals surface area contributed by atoms with Crippen molar-refractivity contribution >= 4 is 15.8 Å². The van der Waals surface area contributed by atoms with Crippen LogP contribution in [0.3, 0.4) is 0 Å². The number of carbonyl (C=O) groups is 1. The van der Waals surface area contributed by atoms with Gasteiger partial charge >= 0.3 is 0 Å². The van der Waals surface area contributed by atoms with Crippen LogP contribution in [0.2, 0.25) is 0 Å². The van der Waals surface area contributed by atoms with Gasteiger partial charge < -0.3 is 0 Å². The van der Waals surface area contributed by atoms with Crippen LogP contribution in [-0.2, 0) is 10.0 Å². The van der Waals surface area contributed by atoms with Crippen LogP contribution < -0.4 is 4.72 Å². The first kappa shape index (κ1) is 15.4. The van der Waals surface area contributed by atoms with Gasteiger partial charge in [0.25, 0.3) is 0 Å². The summed E-state index contributed by atoms with van der Waals surface area (Å²) in [5.74, 6) is 2.23. The highest BCUT2D eigenvalue weighted by molar-refractivity contribution is 7.89. The lowest BCUT2D eigenvalue weighted by molar-refractivity contribution is 0.101. The standard InChI is InChI=1S/C14H17NO3S/c1-4-7-13(5-2)15-19(17,18)14-9-6-8-12(10-14)11(3)16/h2,6,8-10,13,15H,4,7H2,1,3H3. The van der Waals surface area contributed by atoms with Crippen LogP contribution in [0.4, 0.5) is 0 Å². The van der Waals surface area contributed by atoms with Crippen molar-refractivity contribution in [2.24, 2.45) is 0 Å². The van der Waals surface area contributed by atoms with E-state index in [-0.39, 0.29) is 10.7 Å². The quantitative estimate of drug-likeness (QED) is 0.639. The molecule has 0 aliphatic carbocycles. The molecule has 1 atom stereocenters. The Morgan fingerprint density at radius 3 is 2.68 bits per heavy atom. The lowest BCUT2D eigenvalue weighted by Gasteiger charge is -2.12. The van der Waals surface area contributed by atoms with Crippen molar-refractivity contribution in [3.05, 3.63) is 29.8 Å². The average molecular weight is 279 g/mol. The van der Waals surface area contributed by atoms with Crippen LogP contribution in [0.1, 0.15) is 37.0 Å². The summed E-state index contributed by atoms with van der Waals surface area (Å²) in [4.78, 5) is 11.3. The van der Waals surface area contributed by atoms with Crippen molar-refractivity contribution in [1.82, 2.24) is 4.72 Å². The van der Waals surface area contributed by atoms with Crippen molar-refractivity contribution in [2.45, 2.75) is 37.6 Å². The molecule has 0 heterocycles. The molecule has 1 N–H and O–H groups in total. The Balaban J connectivity index is 3.04. The maximum absolute atomic E-state index is 12.1. The van der Waals surface area contributed by atoms with Crippen molar-refractivity contribution in [3.63, 3.8) is 0 Å². The third-order valence-corrected chi connectivity index (χ3v) is 4.10. The predicted octanol–water partition coefficient (Wildman–Crippen LogP) is 1.97. The Hall–Kier alpha value is -1.64. The summed E-state index contributed by atoms with van der Waals surface area (Å²) in [5, 5.41) is 0. The van der Waals surface area contributed by atoms with Gasteiger partial charge in [-0.25, -0.2) is 8.42 Å². The number of sulfonamides is 1. The molecule has 0 fully saturated rings. The molecule has 0 aliphatic heterocycles. The zero-order chi connectivity index (χ0) is 14.5. The second-order valence-corrected chi connectivity index (χ2v) is 5.93. The first-order valence-corrected chi connectivity index (χ1v) is 7.48. The smallest absolute Gasteiger partial charge is 0.241 e. The fourth-order valence-electron chi connectivity index (χ4n) is 1.60. The molecule has 0 saturated heterocycles. The molecule has 1 aromatic rings. The minimum atomic E-state index is -3.69. The maximum Gasteiger partial charge on any atom is 0.241 e. The van der Waals surface area contributed by atoms with Gasteiger partial charge in [0.2, 0.25) is 10.0 Å². The molecule has 0 spiro atoms. The minimum Gasteiger partial charge on any atom is -0.295 e. The summed E-state index contributed by atoms with van der Waals surface area (Å²) < 4.78 is 26.7. The first-order valence-electron chi connectivity index (χ1n) is 6.00. The van der Waals surface area contributed by atoms with Gasteiger partial charge in [-0.2, -0.15) is 4.72 Å².